The number of likely N-dealkylation sites (tertiary alicyclic amines) is 1. The molecule has 1 aromatic carbocycles. The average molecular weight is 620 g/mol. The number of carbonyl (C=O) groups is 2. The molecule has 2 N–H and O–H groups in total. The van der Waals surface area contributed by atoms with Gasteiger partial charge in [0.2, 0.25) is 5.91 Å². The number of carboxylic acid groups (broad SMARTS) is 1. The van der Waals surface area contributed by atoms with Crippen LogP contribution in [-0.4, -0.2) is 61.6 Å². The molecule has 1 aliphatic heterocycles. The number of fused-ring (bicyclic) bond motifs is 1. The molecule has 0 radical (unpaired) electrons. The van der Waals surface area contributed by atoms with E-state index in [0.29, 0.717) is 42.8 Å². The number of imidazole rings is 1. The van der Waals surface area contributed by atoms with Crippen LogP contribution >= 0.6 is 0 Å². The van der Waals surface area contributed by atoms with Gasteiger partial charge in [-0.15, -0.1) is 0 Å². The zero-order chi connectivity index (χ0) is 32.4. The molecular weight excluding hydrogens is 580 g/mol. The van der Waals surface area contributed by atoms with Crippen LogP contribution < -0.4 is 10.9 Å². The summed E-state index contributed by atoms with van der Waals surface area (Å²) in [5.74, 6) is -2.73. The van der Waals surface area contributed by atoms with Gasteiger partial charge in [-0.1, -0.05) is 32.0 Å². The summed E-state index contributed by atoms with van der Waals surface area (Å²) in [6.07, 6.45) is 5.99. The number of benzene rings is 1. The average Bonchev–Trinajstić information content (AvgIpc) is 3.43. The van der Waals surface area contributed by atoms with Crippen molar-refractivity contribution in [1.29, 1.82) is 0 Å². The van der Waals surface area contributed by atoms with Crippen LogP contribution in [0.3, 0.4) is 0 Å². The number of halogens is 2. The van der Waals surface area contributed by atoms with Gasteiger partial charge in [-0.3, -0.25) is 19.3 Å². The number of rotatable bonds is 12. The van der Waals surface area contributed by atoms with E-state index in [2.05, 4.69) is 10.3 Å². The van der Waals surface area contributed by atoms with Crippen molar-refractivity contribution in [2.45, 2.75) is 65.2 Å². The van der Waals surface area contributed by atoms with Crippen molar-refractivity contribution >= 4 is 17.5 Å². The van der Waals surface area contributed by atoms with Crippen molar-refractivity contribution in [3.8, 4) is 11.1 Å². The van der Waals surface area contributed by atoms with Crippen molar-refractivity contribution in [1.82, 2.24) is 24.2 Å². The molecular formula is C34H39F2N5O4. The Morgan fingerprint density at radius 2 is 1.84 bits per heavy atom. The minimum Gasteiger partial charge on any atom is -0.481 e. The number of alkyl halides is 1. The molecule has 1 saturated heterocycles. The Labute approximate surface area is 260 Å². The van der Waals surface area contributed by atoms with E-state index in [-0.39, 0.29) is 12.3 Å². The number of amides is 1. The maximum absolute atomic E-state index is 14.9. The van der Waals surface area contributed by atoms with Gasteiger partial charge in [-0.05, 0) is 72.6 Å². The first-order valence-electron chi connectivity index (χ1n) is 15.2. The number of aliphatic carboxylic acids is 1. The summed E-state index contributed by atoms with van der Waals surface area (Å²) >= 11 is 0. The molecule has 0 bridgehead atoms. The van der Waals surface area contributed by atoms with E-state index in [1.165, 1.54) is 12.3 Å². The first kappa shape index (κ1) is 32.0. The van der Waals surface area contributed by atoms with Gasteiger partial charge in [0.05, 0.1) is 12.5 Å². The van der Waals surface area contributed by atoms with Crippen molar-refractivity contribution in [2.75, 3.05) is 19.6 Å². The molecule has 1 aliphatic rings. The predicted octanol–water partition coefficient (Wildman–Crippen LogP) is 5.03. The fourth-order valence-corrected chi connectivity index (χ4v) is 6.12. The van der Waals surface area contributed by atoms with Crippen LogP contribution in [0, 0.1) is 25.6 Å². The lowest BCUT2D eigenvalue weighted by atomic mass is 9.93. The fraction of sp³-hybridized carbons (Fsp3) is 0.412. The third-order valence-electron chi connectivity index (χ3n) is 8.38. The summed E-state index contributed by atoms with van der Waals surface area (Å²) in [5.41, 5.74) is 4.62. The molecule has 0 saturated carbocycles. The van der Waals surface area contributed by atoms with Gasteiger partial charge < -0.3 is 19.4 Å². The number of carbonyl (C=O) groups excluding carboxylic acids is 1. The Bertz CT molecular complexity index is 1760. The van der Waals surface area contributed by atoms with Crippen LogP contribution in [0.25, 0.3) is 16.8 Å². The van der Waals surface area contributed by atoms with Crippen molar-refractivity contribution in [3.63, 3.8) is 0 Å². The summed E-state index contributed by atoms with van der Waals surface area (Å²) in [6.45, 7) is 8.91. The zero-order valence-corrected chi connectivity index (χ0v) is 26.0. The van der Waals surface area contributed by atoms with Crippen LogP contribution in [-0.2, 0) is 16.0 Å². The van der Waals surface area contributed by atoms with Gasteiger partial charge in [0.1, 0.15) is 17.9 Å². The smallest absolute Gasteiger partial charge is 0.305 e. The number of carboxylic acids is 1. The summed E-state index contributed by atoms with van der Waals surface area (Å²) in [7, 11) is 0. The Morgan fingerprint density at radius 1 is 1.13 bits per heavy atom. The highest BCUT2D eigenvalue weighted by molar-refractivity contribution is 5.84. The molecule has 238 valence electrons. The van der Waals surface area contributed by atoms with E-state index >= 15 is 0 Å². The van der Waals surface area contributed by atoms with Crippen LogP contribution in [0.15, 0.2) is 59.9 Å². The van der Waals surface area contributed by atoms with Gasteiger partial charge in [0.15, 0.2) is 5.82 Å². The van der Waals surface area contributed by atoms with Crippen LogP contribution in [0.5, 0.6) is 0 Å². The first-order chi connectivity index (χ1) is 21.4. The Hall–Kier alpha value is -4.38. The quantitative estimate of drug-likeness (QED) is 0.230. The molecule has 4 aromatic rings. The van der Waals surface area contributed by atoms with Gasteiger partial charge in [-0.2, -0.15) is 0 Å². The molecule has 9 nitrogen and oxygen atoms in total. The molecule has 2 unspecified atom stereocenters. The standard InChI is InChI=1S/C34H39F2N5O4/c1-20(2)12-29(41-16-23(13-27(36)34(41)45)8-10-39-18-25(35)19-39)33(44)38-28(15-30(42)43)24-14-26(32-37-9-11-40(32)17-24)31-21(3)6-5-7-22(31)4/h5-7,9,11,13-14,16-17,20,25,28-29H,8,10,12,15,18-19H2,1-4H3,(H,38,44)(H,42,43). The second-order valence-corrected chi connectivity index (χ2v) is 12.4. The third kappa shape index (κ3) is 7.14. The zero-order valence-electron chi connectivity index (χ0n) is 26.0. The van der Waals surface area contributed by atoms with Crippen molar-refractivity contribution in [2.24, 2.45) is 5.92 Å². The maximum atomic E-state index is 14.9. The normalized spacial score (nSPS) is 15.3. The highest BCUT2D eigenvalue weighted by atomic mass is 19.1. The van der Waals surface area contributed by atoms with Crippen LogP contribution in [0.4, 0.5) is 8.78 Å². The minimum atomic E-state index is -1.12. The van der Waals surface area contributed by atoms with Gasteiger partial charge in [0.25, 0.3) is 5.56 Å². The first-order valence-corrected chi connectivity index (χ1v) is 15.2. The number of nitrogens with zero attached hydrogens (tertiary/aromatic N) is 4. The monoisotopic (exact) mass is 619 g/mol. The van der Waals surface area contributed by atoms with Crippen molar-refractivity contribution in [3.05, 3.63) is 93.5 Å². The molecule has 5 rings (SSSR count). The van der Waals surface area contributed by atoms with E-state index < -0.39 is 47.9 Å². The number of pyridine rings is 2. The lowest BCUT2D eigenvalue weighted by Gasteiger charge is -2.34. The number of hydrogen-bond acceptors (Lipinski definition) is 5. The molecule has 45 heavy (non-hydrogen) atoms. The number of aromatic nitrogens is 3. The molecule has 0 aliphatic carbocycles. The van der Waals surface area contributed by atoms with E-state index in [9.17, 15) is 28.3 Å². The Kier molecular flexibility index (Phi) is 9.48. The van der Waals surface area contributed by atoms with E-state index in [0.717, 1.165) is 26.8 Å². The lowest BCUT2D eigenvalue weighted by molar-refractivity contribution is -0.138. The molecule has 2 atom stereocenters. The summed E-state index contributed by atoms with van der Waals surface area (Å²) in [4.78, 5) is 45.6. The number of aryl methyl sites for hydroxylation is 2. The highest BCUT2D eigenvalue weighted by Gasteiger charge is 2.30. The fourth-order valence-electron chi connectivity index (χ4n) is 6.12. The molecule has 1 fully saturated rings. The Balaban J connectivity index is 1.51. The van der Waals surface area contributed by atoms with Crippen LogP contribution in [0.1, 0.15) is 61.0 Å². The van der Waals surface area contributed by atoms with E-state index in [4.69, 9.17) is 0 Å². The molecule has 0 spiro atoms. The van der Waals surface area contributed by atoms with Gasteiger partial charge in [0, 0.05) is 50.0 Å². The SMILES string of the molecule is Cc1cccc(C)c1-c1cc(C(CC(=O)O)NC(=O)C(CC(C)C)n2cc(CCN3CC(F)C3)cc(F)c2=O)cn2ccnc12. The molecule has 1 amide bonds. The number of hydrogen-bond donors (Lipinski definition) is 2. The number of nitrogens with one attached hydrogen (secondary N) is 1. The predicted molar refractivity (Wildman–Crippen MR) is 167 cm³/mol. The maximum Gasteiger partial charge on any atom is 0.305 e. The summed E-state index contributed by atoms with van der Waals surface area (Å²) in [5, 5.41) is 12.8. The molecule has 3 aromatic heterocycles. The lowest BCUT2D eigenvalue weighted by Crippen LogP contribution is -2.49. The minimum absolute atomic E-state index is 0.0437. The third-order valence-corrected chi connectivity index (χ3v) is 8.38. The van der Waals surface area contributed by atoms with E-state index in [1.807, 2.05) is 56.9 Å². The summed E-state index contributed by atoms with van der Waals surface area (Å²) in [6, 6.07) is 6.93. The van der Waals surface area contributed by atoms with Gasteiger partial charge >= 0.3 is 5.97 Å². The molecule has 11 heteroatoms. The van der Waals surface area contributed by atoms with Crippen molar-refractivity contribution < 1.29 is 23.5 Å². The van der Waals surface area contributed by atoms with Crippen LogP contribution in [0.2, 0.25) is 0 Å². The second kappa shape index (κ2) is 13.3. The second-order valence-electron chi connectivity index (χ2n) is 12.4. The summed E-state index contributed by atoms with van der Waals surface area (Å²) < 4.78 is 31.1. The Morgan fingerprint density at radius 3 is 2.49 bits per heavy atom. The highest BCUT2D eigenvalue weighted by Crippen LogP contribution is 2.33. The molecule has 4 heterocycles. The van der Waals surface area contributed by atoms with Gasteiger partial charge in [-0.25, -0.2) is 13.8 Å². The topological polar surface area (TPSA) is 109 Å². The largest absolute Gasteiger partial charge is 0.481 e. The van der Waals surface area contributed by atoms with E-state index in [1.54, 1.807) is 23.0 Å².